The molecular formula is C12H15NO2S. The average Bonchev–Trinajstić information content (AvgIpc) is 2.73. The van der Waals surface area contributed by atoms with E-state index in [0.717, 1.165) is 18.5 Å². The molecular weight excluding hydrogens is 222 g/mol. The van der Waals surface area contributed by atoms with Crippen LogP contribution in [0.3, 0.4) is 0 Å². The summed E-state index contributed by atoms with van der Waals surface area (Å²) in [7, 11) is 0. The third-order valence-electron chi connectivity index (χ3n) is 3.10. The van der Waals surface area contributed by atoms with Crippen molar-refractivity contribution in [1.29, 1.82) is 0 Å². The molecule has 2 unspecified atom stereocenters. The molecule has 0 saturated heterocycles. The van der Waals surface area contributed by atoms with Crippen LogP contribution in [0.25, 0.3) is 0 Å². The van der Waals surface area contributed by atoms with Gasteiger partial charge < -0.3 is 5.11 Å². The van der Waals surface area contributed by atoms with Crippen molar-refractivity contribution in [3.63, 3.8) is 0 Å². The van der Waals surface area contributed by atoms with Crippen molar-refractivity contribution < 1.29 is 9.90 Å². The molecule has 0 amide bonds. The number of aliphatic carboxylic acids is 1. The minimum Gasteiger partial charge on any atom is -0.480 e. The Bertz CT molecular complexity index is 413. The quantitative estimate of drug-likeness (QED) is 0.820. The van der Waals surface area contributed by atoms with E-state index < -0.39 is 12.0 Å². The highest BCUT2D eigenvalue weighted by Crippen LogP contribution is 2.34. The molecule has 0 aromatic carbocycles. The Labute approximate surface area is 99.0 Å². The van der Waals surface area contributed by atoms with Crippen LogP contribution >= 0.6 is 11.3 Å². The fourth-order valence-corrected chi connectivity index (χ4v) is 3.09. The molecule has 0 radical (unpaired) electrons. The van der Waals surface area contributed by atoms with Crippen molar-refractivity contribution in [2.45, 2.75) is 25.4 Å². The van der Waals surface area contributed by atoms with E-state index in [1.807, 2.05) is 23.3 Å². The van der Waals surface area contributed by atoms with Gasteiger partial charge in [-0.3, -0.25) is 9.69 Å². The van der Waals surface area contributed by atoms with Crippen LogP contribution in [0.5, 0.6) is 0 Å². The molecule has 0 fully saturated rings. The number of hydrogen-bond donors (Lipinski definition) is 1. The summed E-state index contributed by atoms with van der Waals surface area (Å²) in [6.45, 7) is 6.52. The van der Waals surface area contributed by atoms with E-state index in [2.05, 4.69) is 6.58 Å². The fraction of sp³-hybridized carbons (Fsp3) is 0.417. The van der Waals surface area contributed by atoms with Crippen LogP contribution < -0.4 is 0 Å². The Morgan fingerprint density at radius 2 is 2.56 bits per heavy atom. The first-order chi connectivity index (χ1) is 7.65. The minimum absolute atomic E-state index is 0.0918. The fourth-order valence-electron chi connectivity index (χ4n) is 2.18. The van der Waals surface area contributed by atoms with Gasteiger partial charge in [-0.25, -0.2) is 0 Å². The standard InChI is InChI=1S/C12H15NO2S/c1-3-8(2)13-6-4-10-9(5-7-16-10)11(13)12(14)15/h3,5,7-8,11H,1,4,6H2,2H3,(H,14,15). The second-order valence-electron chi connectivity index (χ2n) is 4.00. The van der Waals surface area contributed by atoms with Gasteiger partial charge in [-0.05, 0) is 30.4 Å². The first kappa shape index (κ1) is 11.4. The highest BCUT2D eigenvalue weighted by molar-refractivity contribution is 7.10. The van der Waals surface area contributed by atoms with E-state index in [1.165, 1.54) is 4.88 Å². The van der Waals surface area contributed by atoms with Crippen LogP contribution in [-0.4, -0.2) is 28.6 Å². The van der Waals surface area contributed by atoms with Gasteiger partial charge in [0.1, 0.15) is 6.04 Å². The molecule has 1 aromatic heterocycles. The van der Waals surface area contributed by atoms with Gasteiger partial charge in [0.2, 0.25) is 0 Å². The van der Waals surface area contributed by atoms with E-state index in [9.17, 15) is 9.90 Å². The first-order valence-electron chi connectivity index (χ1n) is 5.32. The van der Waals surface area contributed by atoms with Gasteiger partial charge in [0.15, 0.2) is 0 Å². The smallest absolute Gasteiger partial charge is 0.325 e. The molecule has 0 saturated carbocycles. The molecule has 2 rings (SSSR count). The normalized spacial score (nSPS) is 22.4. The molecule has 2 atom stereocenters. The zero-order chi connectivity index (χ0) is 11.7. The predicted octanol–water partition coefficient (Wildman–Crippen LogP) is 2.31. The lowest BCUT2D eigenvalue weighted by atomic mass is 9.98. The SMILES string of the molecule is C=CC(C)N1CCc2sccc2C1C(=O)O. The van der Waals surface area contributed by atoms with Crippen molar-refractivity contribution in [2.75, 3.05) is 6.54 Å². The van der Waals surface area contributed by atoms with Crippen LogP contribution in [0.1, 0.15) is 23.4 Å². The zero-order valence-corrected chi connectivity index (χ0v) is 10.0. The Balaban J connectivity index is 2.38. The van der Waals surface area contributed by atoms with Crippen LogP contribution in [0.15, 0.2) is 24.1 Å². The summed E-state index contributed by atoms with van der Waals surface area (Å²) in [6, 6.07) is 1.51. The molecule has 0 bridgehead atoms. The number of hydrogen-bond acceptors (Lipinski definition) is 3. The number of carbonyl (C=O) groups is 1. The molecule has 3 nitrogen and oxygen atoms in total. The van der Waals surface area contributed by atoms with E-state index in [4.69, 9.17) is 0 Å². The highest BCUT2D eigenvalue weighted by Gasteiger charge is 2.35. The second-order valence-corrected chi connectivity index (χ2v) is 5.00. The summed E-state index contributed by atoms with van der Waals surface area (Å²) in [4.78, 5) is 14.6. The molecule has 86 valence electrons. The van der Waals surface area contributed by atoms with E-state index in [0.29, 0.717) is 0 Å². The van der Waals surface area contributed by atoms with E-state index in [-0.39, 0.29) is 6.04 Å². The summed E-state index contributed by atoms with van der Waals surface area (Å²) < 4.78 is 0. The monoisotopic (exact) mass is 237 g/mol. The molecule has 1 N–H and O–H groups in total. The average molecular weight is 237 g/mol. The largest absolute Gasteiger partial charge is 0.480 e. The Morgan fingerprint density at radius 3 is 3.19 bits per heavy atom. The number of carboxylic acid groups (broad SMARTS) is 1. The molecule has 16 heavy (non-hydrogen) atoms. The summed E-state index contributed by atoms with van der Waals surface area (Å²) in [5.41, 5.74) is 0.956. The van der Waals surface area contributed by atoms with Crippen molar-refractivity contribution in [2.24, 2.45) is 0 Å². The van der Waals surface area contributed by atoms with Gasteiger partial charge >= 0.3 is 5.97 Å². The van der Waals surface area contributed by atoms with Crippen LogP contribution in [0.4, 0.5) is 0 Å². The van der Waals surface area contributed by atoms with Crippen molar-refractivity contribution in [3.8, 4) is 0 Å². The van der Waals surface area contributed by atoms with Crippen molar-refractivity contribution in [1.82, 2.24) is 4.90 Å². The molecule has 4 heteroatoms. The third-order valence-corrected chi connectivity index (χ3v) is 4.10. The van der Waals surface area contributed by atoms with Gasteiger partial charge in [-0.1, -0.05) is 6.08 Å². The molecule has 2 heterocycles. The zero-order valence-electron chi connectivity index (χ0n) is 9.22. The predicted molar refractivity (Wildman–Crippen MR) is 64.8 cm³/mol. The lowest BCUT2D eigenvalue weighted by Crippen LogP contribution is -2.43. The summed E-state index contributed by atoms with van der Waals surface area (Å²) in [5.74, 6) is -0.770. The topological polar surface area (TPSA) is 40.5 Å². The maximum absolute atomic E-state index is 11.4. The van der Waals surface area contributed by atoms with Gasteiger partial charge in [-0.2, -0.15) is 0 Å². The lowest BCUT2D eigenvalue weighted by Gasteiger charge is -2.36. The van der Waals surface area contributed by atoms with Crippen molar-refractivity contribution in [3.05, 3.63) is 34.5 Å². The van der Waals surface area contributed by atoms with Gasteiger partial charge in [-0.15, -0.1) is 17.9 Å². The number of nitrogens with zero attached hydrogens (tertiary/aromatic N) is 1. The number of fused-ring (bicyclic) bond motifs is 1. The molecule has 1 aliphatic heterocycles. The van der Waals surface area contributed by atoms with Gasteiger partial charge in [0.25, 0.3) is 0 Å². The Kier molecular flexibility index (Phi) is 3.12. The first-order valence-corrected chi connectivity index (χ1v) is 6.20. The van der Waals surface area contributed by atoms with Gasteiger partial charge in [0.05, 0.1) is 0 Å². The second kappa shape index (κ2) is 4.39. The maximum atomic E-state index is 11.4. The van der Waals surface area contributed by atoms with Crippen LogP contribution in [-0.2, 0) is 11.2 Å². The summed E-state index contributed by atoms with van der Waals surface area (Å²) in [5, 5.41) is 11.3. The molecule has 1 aromatic rings. The highest BCUT2D eigenvalue weighted by atomic mass is 32.1. The van der Waals surface area contributed by atoms with Crippen LogP contribution in [0, 0.1) is 0 Å². The third kappa shape index (κ3) is 1.79. The summed E-state index contributed by atoms with van der Waals surface area (Å²) in [6.07, 6.45) is 2.74. The molecule has 0 aliphatic carbocycles. The van der Waals surface area contributed by atoms with Crippen LogP contribution in [0.2, 0.25) is 0 Å². The molecule has 0 spiro atoms. The van der Waals surface area contributed by atoms with Gasteiger partial charge in [0, 0.05) is 17.5 Å². The van der Waals surface area contributed by atoms with E-state index >= 15 is 0 Å². The number of thiophene rings is 1. The number of carboxylic acids is 1. The van der Waals surface area contributed by atoms with Crippen molar-refractivity contribution >= 4 is 17.3 Å². The lowest BCUT2D eigenvalue weighted by molar-refractivity contribution is -0.144. The molecule has 1 aliphatic rings. The summed E-state index contributed by atoms with van der Waals surface area (Å²) >= 11 is 1.65. The van der Waals surface area contributed by atoms with E-state index in [1.54, 1.807) is 17.4 Å². The minimum atomic E-state index is -0.770. The Morgan fingerprint density at radius 1 is 1.81 bits per heavy atom. The number of rotatable bonds is 3. The maximum Gasteiger partial charge on any atom is 0.325 e. The Hall–Kier alpha value is -1.13.